The molecular formula is C15H15N3O3. The van der Waals surface area contributed by atoms with E-state index in [9.17, 15) is 14.9 Å². The van der Waals surface area contributed by atoms with E-state index in [1.54, 1.807) is 6.07 Å². The molecule has 21 heavy (non-hydrogen) atoms. The average molecular weight is 285 g/mol. The number of aryl methyl sites for hydroxylation is 2. The van der Waals surface area contributed by atoms with E-state index in [1.165, 1.54) is 18.2 Å². The quantitative estimate of drug-likeness (QED) is 0.514. The summed E-state index contributed by atoms with van der Waals surface area (Å²) in [5, 5.41) is 13.5. The van der Waals surface area contributed by atoms with Crippen molar-refractivity contribution >= 4 is 23.0 Å². The average Bonchev–Trinajstić information content (AvgIpc) is 2.42. The predicted molar refractivity (Wildman–Crippen MR) is 81.4 cm³/mol. The van der Waals surface area contributed by atoms with Gasteiger partial charge in [0.15, 0.2) is 0 Å². The molecule has 0 fully saturated rings. The van der Waals surface area contributed by atoms with E-state index in [0.29, 0.717) is 5.69 Å². The van der Waals surface area contributed by atoms with Crippen molar-refractivity contribution in [1.82, 2.24) is 0 Å². The Labute approximate surface area is 121 Å². The second-order valence-electron chi connectivity index (χ2n) is 4.80. The van der Waals surface area contributed by atoms with Crippen LogP contribution in [-0.4, -0.2) is 10.8 Å². The highest BCUT2D eigenvalue weighted by molar-refractivity contribution is 6.08. The first-order valence-corrected chi connectivity index (χ1v) is 6.31. The van der Waals surface area contributed by atoms with E-state index in [0.717, 1.165) is 11.1 Å². The lowest BCUT2D eigenvalue weighted by Gasteiger charge is -2.10. The van der Waals surface area contributed by atoms with Crippen LogP contribution in [0.3, 0.4) is 0 Å². The van der Waals surface area contributed by atoms with Crippen LogP contribution in [0.1, 0.15) is 21.5 Å². The number of anilines is 2. The molecule has 0 unspecified atom stereocenters. The van der Waals surface area contributed by atoms with Crippen LogP contribution in [0.5, 0.6) is 0 Å². The van der Waals surface area contributed by atoms with Gasteiger partial charge in [-0.1, -0.05) is 17.7 Å². The number of nitro benzene ring substituents is 1. The molecule has 6 nitrogen and oxygen atoms in total. The Kier molecular flexibility index (Phi) is 3.89. The maximum absolute atomic E-state index is 12.2. The number of nitrogens with two attached hydrogens (primary N) is 1. The molecule has 6 heteroatoms. The maximum Gasteiger partial charge on any atom is 0.270 e. The highest BCUT2D eigenvalue weighted by atomic mass is 16.6. The van der Waals surface area contributed by atoms with Crippen LogP contribution >= 0.6 is 0 Å². The van der Waals surface area contributed by atoms with Crippen molar-refractivity contribution < 1.29 is 9.72 Å². The molecule has 0 bridgehead atoms. The van der Waals surface area contributed by atoms with E-state index in [2.05, 4.69) is 5.32 Å². The van der Waals surface area contributed by atoms with Gasteiger partial charge in [0.2, 0.25) is 0 Å². The molecule has 0 radical (unpaired) electrons. The number of carbonyl (C=O) groups excluding carboxylic acids is 1. The summed E-state index contributed by atoms with van der Waals surface area (Å²) in [4.78, 5) is 22.4. The van der Waals surface area contributed by atoms with Crippen molar-refractivity contribution in [2.75, 3.05) is 11.1 Å². The summed E-state index contributed by atoms with van der Waals surface area (Å²) < 4.78 is 0. The molecule has 0 saturated carbocycles. The lowest BCUT2D eigenvalue weighted by molar-refractivity contribution is -0.384. The van der Waals surface area contributed by atoms with Gasteiger partial charge in [0, 0.05) is 23.5 Å². The fraction of sp³-hybridized carbons (Fsp3) is 0.133. The minimum atomic E-state index is -0.562. The van der Waals surface area contributed by atoms with Gasteiger partial charge < -0.3 is 11.1 Å². The number of nitro groups is 1. The molecule has 2 aromatic rings. The number of carbonyl (C=O) groups is 1. The fourth-order valence-corrected chi connectivity index (χ4v) is 2.00. The Morgan fingerprint density at radius 3 is 2.52 bits per heavy atom. The molecule has 0 spiro atoms. The van der Waals surface area contributed by atoms with Gasteiger partial charge in [0.25, 0.3) is 11.6 Å². The molecule has 0 saturated heterocycles. The minimum absolute atomic E-state index is 0.0872. The third kappa shape index (κ3) is 3.17. The molecule has 3 N–H and O–H groups in total. The molecule has 2 rings (SSSR count). The van der Waals surface area contributed by atoms with Crippen molar-refractivity contribution in [3.63, 3.8) is 0 Å². The zero-order chi connectivity index (χ0) is 15.6. The summed E-state index contributed by atoms with van der Waals surface area (Å²) in [6.45, 7) is 3.83. The summed E-state index contributed by atoms with van der Waals surface area (Å²) in [5.41, 5.74) is 8.48. The highest BCUT2D eigenvalue weighted by Crippen LogP contribution is 2.22. The SMILES string of the molecule is Cc1ccc(NC(=O)c2cc([N+](=O)[O-])ccc2N)c(C)c1. The third-order valence-corrected chi connectivity index (χ3v) is 3.12. The van der Waals surface area contributed by atoms with Gasteiger partial charge in [0.05, 0.1) is 10.5 Å². The summed E-state index contributed by atoms with van der Waals surface area (Å²) in [6, 6.07) is 9.40. The smallest absolute Gasteiger partial charge is 0.270 e. The number of hydrogen-bond acceptors (Lipinski definition) is 4. The lowest BCUT2D eigenvalue weighted by Crippen LogP contribution is -2.15. The molecule has 1 amide bonds. The second-order valence-corrected chi connectivity index (χ2v) is 4.80. The van der Waals surface area contributed by atoms with Gasteiger partial charge in [-0.05, 0) is 31.5 Å². The zero-order valence-corrected chi connectivity index (χ0v) is 11.7. The van der Waals surface area contributed by atoms with Gasteiger partial charge >= 0.3 is 0 Å². The molecule has 0 aliphatic carbocycles. The number of benzene rings is 2. The maximum atomic E-state index is 12.2. The van der Waals surface area contributed by atoms with Crippen molar-refractivity contribution in [2.45, 2.75) is 13.8 Å². The van der Waals surface area contributed by atoms with Crippen LogP contribution in [0.2, 0.25) is 0 Å². The minimum Gasteiger partial charge on any atom is -0.398 e. The monoisotopic (exact) mass is 285 g/mol. The van der Waals surface area contributed by atoms with Crippen molar-refractivity contribution in [3.05, 3.63) is 63.2 Å². The van der Waals surface area contributed by atoms with Crippen LogP contribution in [-0.2, 0) is 0 Å². The van der Waals surface area contributed by atoms with Gasteiger partial charge in [-0.3, -0.25) is 14.9 Å². The van der Waals surface area contributed by atoms with E-state index >= 15 is 0 Å². The Morgan fingerprint density at radius 2 is 1.90 bits per heavy atom. The summed E-state index contributed by atoms with van der Waals surface area (Å²) in [7, 11) is 0. The number of nitrogens with zero attached hydrogens (tertiary/aromatic N) is 1. The van der Waals surface area contributed by atoms with Crippen LogP contribution in [0.4, 0.5) is 17.1 Å². The Balaban J connectivity index is 2.32. The van der Waals surface area contributed by atoms with Gasteiger partial charge in [-0.2, -0.15) is 0 Å². The van der Waals surface area contributed by atoms with Crippen LogP contribution in [0.15, 0.2) is 36.4 Å². The van der Waals surface area contributed by atoms with E-state index in [4.69, 9.17) is 5.73 Å². The largest absolute Gasteiger partial charge is 0.398 e. The number of hydrogen-bond donors (Lipinski definition) is 2. The van der Waals surface area contributed by atoms with E-state index < -0.39 is 10.8 Å². The predicted octanol–water partition coefficient (Wildman–Crippen LogP) is 3.05. The molecule has 0 aromatic heterocycles. The van der Waals surface area contributed by atoms with Crippen LogP contribution in [0, 0.1) is 24.0 Å². The summed E-state index contributed by atoms with van der Waals surface area (Å²) in [6.07, 6.45) is 0. The first-order chi connectivity index (χ1) is 9.88. The standard InChI is InChI=1S/C15H15N3O3/c1-9-3-6-14(10(2)7-9)17-15(19)12-8-11(18(20)21)4-5-13(12)16/h3-8H,16H2,1-2H3,(H,17,19). The first-order valence-electron chi connectivity index (χ1n) is 6.31. The second kappa shape index (κ2) is 5.62. The van der Waals surface area contributed by atoms with Gasteiger partial charge in [0.1, 0.15) is 0 Å². The third-order valence-electron chi connectivity index (χ3n) is 3.12. The normalized spacial score (nSPS) is 10.2. The molecule has 0 aliphatic heterocycles. The Bertz CT molecular complexity index is 726. The van der Waals surface area contributed by atoms with E-state index in [-0.39, 0.29) is 16.9 Å². The van der Waals surface area contributed by atoms with Gasteiger partial charge in [-0.15, -0.1) is 0 Å². The number of nitrogen functional groups attached to an aromatic ring is 1. The Hall–Kier alpha value is -2.89. The number of amides is 1. The lowest BCUT2D eigenvalue weighted by atomic mass is 10.1. The number of nitrogens with one attached hydrogen (secondary N) is 1. The van der Waals surface area contributed by atoms with Crippen molar-refractivity contribution in [2.24, 2.45) is 0 Å². The van der Waals surface area contributed by atoms with Crippen molar-refractivity contribution in [1.29, 1.82) is 0 Å². The number of rotatable bonds is 3. The summed E-state index contributed by atoms with van der Waals surface area (Å²) in [5.74, 6) is -0.469. The van der Waals surface area contributed by atoms with Gasteiger partial charge in [-0.25, -0.2) is 0 Å². The molecule has 2 aromatic carbocycles. The molecule has 0 aliphatic rings. The molecule has 0 heterocycles. The molecule has 0 atom stereocenters. The molecular weight excluding hydrogens is 270 g/mol. The zero-order valence-electron chi connectivity index (χ0n) is 11.7. The number of non-ortho nitro benzene ring substituents is 1. The first kappa shape index (κ1) is 14.5. The Morgan fingerprint density at radius 1 is 1.19 bits per heavy atom. The highest BCUT2D eigenvalue weighted by Gasteiger charge is 2.16. The fourth-order valence-electron chi connectivity index (χ4n) is 2.00. The van der Waals surface area contributed by atoms with E-state index in [1.807, 2.05) is 26.0 Å². The summed E-state index contributed by atoms with van der Waals surface area (Å²) >= 11 is 0. The molecule has 108 valence electrons. The van der Waals surface area contributed by atoms with Crippen LogP contribution in [0.25, 0.3) is 0 Å². The van der Waals surface area contributed by atoms with Crippen LogP contribution < -0.4 is 11.1 Å². The topological polar surface area (TPSA) is 98.3 Å². The van der Waals surface area contributed by atoms with Crippen molar-refractivity contribution in [3.8, 4) is 0 Å².